The fourth-order valence-electron chi connectivity index (χ4n) is 5.39. The second-order valence-electron chi connectivity index (χ2n) is 6.92. The maximum absolute atomic E-state index is 11.8. The predicted molar refractivity (Wildman–Crippen MR) is 73.8 cm³/mol. The van der Waals surface area contributed by atoms with Crippen molar-refractivity contribution in [3.63, 3.8) is 0 Å². The smallest absolute Gasteiger partial charge is 0.287 e. The van der Waals surface area contributed by atoms with Crippen LogP contribution in [0.2, 0.25) is 0 Å². The molecule has 3 N–H and O–H groups in total. The van der Waals surface area contributed by atoms with Crippen molar-refractivity contribution in [3.8, 4) is 0 Å². The first-order valence-electron chi connectivity index (χ1n) is 7.48. The molecule has 1 aromatic rings. The second-order valence-corrected chi connectivity index (χ2v) is 6.92. The number of aromatic amines is 1. The van der Waals surface area contributed by atoms with Gasteiger partial charge in [0.15, 0.2) is 0 Å². The van der Waals surface area contributed by atoms with Crippen LogP contribution in [-0.4, -0.2) is 10.2 Å². The van der Waals surface area contributed by atoms with Gasteiger partial charge in [0.1, 0.15) is 5.69 Å². The van der Waals surface area contributed by atoms with Gasteiger partial charge >= 0.3 is 0 Å². The van der Waals surface area contributed by atoms with Gasteiger partial charge in [-0.25, -0.2) is 5.10 Å². The van der Waals surface area contributed by atoms with E-state index in [0.717, 1.165) is 34.9 Å². The number of anilines is 1. The molecular weight excluding hydrogens is 238 g/mol. The molecule has 1 aromatic heterocycles. The fourth-order valence-corrected chi connectivity index (χ4v) is 5.39. The number of hydrogen-bond donors (Lipinski definition) is 2. The highest BCUT2D eigenvalue weighted by atomic mass is 16.1. The number of nitrogens with two attached hydrogens (primary N) is 1. The predicted octanol–water partition coefficient (Wildman–Crippen LogP) is 2.20. The van der Waals surface area contributed by atoms with Gasteiger partial charge in [-0.3, -0.25) is 4.79 Å². The molecule has 4 fully saturated rings. The van der Waals surface area contributed by atoms with E-state index in [9.17, 15) is 4.79 Å². The first-order chi connectivity index (χ1) is 9.13. The first-order valence-corrected chi connectivity index (χ1v) is 7.48. The summed E-state index contributed by atoms with van der Waals surface area (Å²) in [6, 6.07) is 0. The molecule has 0 aliphatic heterocycles. The number of H-pyrrole nitrogens is 1. The van der Waals surface area contributed by atoms with Crippen molar-refractivity contribution < 1.29 is 0 Å². The Kier molecular flexibility index (Phi) is 2.32. The van der Waals surface area contributed by atoms with Crippen LogP contribution in [0.1, 0.15) is 49.3 Å². The van der Waals surface area contributed by atoms with Gasteiger partial charge in [0.25, 0.3) is 5.56 Å². The van der Waals surface area contributed by atoms with Crippen LogP contribution in [0.15, 0.2) is 4.79 Å². The lowest BCUT2D eigenvalue weighted by molar-refractivity contribution is -0.00294. The largest absolute Gasteiger partial charge is 0.394 e. The van der Waals surface area contributed by atoms with E-state index in [1.54, 1.807) is 0 Å². The van der Waals surface area contributed by atoms with E-state index in [1.807, 2.05) is 6.92 Å². The molecule has 0 spiro atoms. The van der Waals surface area contributed by atoms with E-state index in [2.05, 4.69) is 10.2 Å². The van der Waals surface area contributed by atoms with Crippen LogP contribution in [0.3, 0.4) is 0 Å². The van der Waals surface area contributed by atoms with Crippen LogP contribution < -0.4 is 11.3 Å². The molecule has 0 unspecified atom stereocenters. The highest BCUT2D eigenvalue weighted by Crippen LogP contribution is 2.60. The SMILES string of the molecule is Cc1n[nH]c(=O)c(N)c1C1C2CC3CC(C2)CC1C3. The molecular formula is C15H21N3O. The third-order valence-corrected chi connectivity index (χ3v) is 5.81. The summed E-state index contributed by atoms with van der Waals surface area (Å²) in [7, 11) is 0. The summed E-state index contributed by atoms with van der Waals surface area (Å²) in [5.74, 6) is 3.84. The molecule has 4 aliphatic carbocycles. The molecule has 0 aromatic carbocycles. The van der Waals surface area contributed by atoms with Crippen LogP contribution in [-0.2, 0) is 0 Å². The van der Waals surface area contributed by atoms with Crippen LogP contribution in [0.4, 0.5) is 5.69 Å². The van der Waals surface area contributed by atoms with Gasteiger partial charge in [0.2, 0.25) is 0 Å². The Morgan fingerprint density at radius 2 is 1.68 bits per heavy atom. The summed E-state index contributed by atoms with van der Waals surface area (Å²) in [4.78, 5) is 11.8. The number of rotatable bonds is 1. The monoisotopic (exact) mass is 259 g/mol. The Hall–Kier alpha value is -1.32. The van der Waals surface area contributed by atoms with Crippen molar-refractivity contribution in [1.82, 2.24) is 10.2 Å². The maximum Gasteiger partial charge on any atom is 0.287 e. The van der Waals surface area contributed by atoms with Gasteiger partial charge in [0.05, 0.1) is 5.69 Å². The van der Waals surface area contributed by atoms with Gasteiger partial charge in [-0.1, -0.05) is 0 Å². The topological polar surface area (TPSA) is 71.8 Å². The minimum atomic E-state index is -0.214. The lowest BCUT2D eigenvalue weighted by Gasteiger charge is -2.54. The average Bonchev–Trinajstić information content (AvgIpc) is 2.36. The summed E-state index contributed by atoms with van der Waals surface area (Å²) in [5, 5.41) is 6.65. The highest BCUT2D eigenvalue weighted by molar-refractivity contribution is 5.49. The lowest BCUT2D eigenvalue weighted by atomic mass is 9.50. The second kappa shape index (κ2) is 3.84. The number of nitrogen functional groups attached to an aromatic ring is 1. The molecule has 4 saturated carbocycles. The van der Waals surface area contributed by atoms with Crippen molar-refractivity contribution in [2.24, 2.45) is 23.7 Å². The maximum atomic E-state index is 11.8. The van der Waals surface area contributed by atoms with Gasteiger partial charge in [0, 0.05) is 5.56 Å². The standard InChI is InChI=1S/C15H21N3O/c1-7-12(14(16)15(19)18-17-7)13-10-3-8-2-9(5-10)6-11(13)4-8/h8-11,13H,2-6H2,1H3,(H2,16,17)(H,18,19). The minimum absolute atomic E-state index is 0.214. The van der Waals surface area contributed by atoms with Crippen LogP contribution in [0.25, 0.3) is 0 Å². The van der Waals surface area contributed by atoms with Crippen molar-refractivity contribution in [2.45, 2.75) is 44.9 Å². The lowest BCUT2D eigenvalue weighted by Crippen LogP contribution is -2.44. The molecule has 0 saturated heterocycles. The zero-order valence-corrected chi connectivity index (χ0v) is 11.4. The summed E-state index contributed by atoms with van der Waals surface area (Å²) < 4.78 is 0. The van der Waals surface area contributed by atoms with Gasteiger partial charge in [-0.05, 0) is 68.6 Å². The normalized spacial score (nSPS) is 39.7. The number of nitrogens with zero attached hydrogens (tertiary/aromatic N) is 1. The Morgan fingerprint density at radius 3 is 2.26 bits per heavy atom. The van der Waals surface area contributed by atoms with Gasteiger partial charge in [-0.15, -0.1) is 0 Å². The third kappa shape index (κ3) is 1.58. The van der Waals surface area contributed by atoms with E-state index in [4.69, 9.17) is 5.73 Å². The van der Waals surface area contributed by atoms with E-state index < -0.39 is 0 Å². The molecule has 0 radical (unpaired) electrons. The third-order valence-electron chi connectivity index (χ3n) is 5.81. The summed E-state index contributed by atoms with van der Waals surface area (Å²) in [5.41, 5.74) is 8.28. The van der Waals surface area contributed by atoms with Crippen LogP contribution in [0.5, 0.6) is 0 Å². The van der Waals surface area contributed by atoms with E-state index in [-0.39, 0.29) is 5.56 Å². The molecule has 19 heavy (non-hydrogen) atoms. The number of aryl methyl sites for hydroxylation is 1. The van der Waals surface area contributed by atoms with Gasteiger partial charge < -0.3 is 5.73 Å². The Morgan fingerprint density at radius 1 is 1.11 bits per heavy atom. The molecule has 4 heteroatoms. The van der Waals surface area contributed by atoms with Gasteiger partial charge in [-0.2, -0.15) is 5.10 Å². The summed E-state index contributed by atoms with van der Waals surface area (Å²) >= 11 is 0. The molecule has 1 heterocycles. The zero-order valence-electron chi connectivity index (χ0n) is 11.4. The number of aromatic nitrogens is 2. The Labute approximate surface area is 112 Å². The minimum Gasteiger partial charge on any atom is -0.394 e. The van der Waals surface area contributed by atoms with Crippen LogP contribution in [0, 0.1) is 30.6 Å². The fraction of sp³-hybridized carbons (Fsp3) is 0.733. The molecule has 5 rings (SSSR count). The molecule has 4 aliphatic rings. The highest BCUT2D eigenvalue weighted by Gasteiger charge is 2.49. The molecule has 0 atom stereocenters. The zero-order chi connectivity index (χ0) is 13.1. The molecule has 4 nitrogen and oxygen atoms in total. The molecule has 0 amide bonds. The number of nitrogens with one attached hydrogen (secondary N) is 1. The molecule has 4 bridgehead atoms. The van der Waals surface area contributed by atoms with E-state index in [0.29, 0.717) is 11.6 Å². The van der Waals surface area contributed by atoms with Crippen molar-refractivity contribution in [1.29, 1.82) is 0 Å². The van der Waals surface area contributed by atoms with Crippen molar-refractivity contribution in [2.75, 3.05) is 5.73 Å². The van der Waals surface area contributed by atoms with E-state index in [1.165, 1.54) is 32.1 Å². The first kappa shape index (κ1) is 11.5. The van der Waals surface area contributed by atoms with E-state index >= 15 is 0 Å². The summed E-state index contributed by atoms with van der Waals surface area (Å²) in [6.45, 7) is 1.98. The number of hydrogen-bond acceptors (Lipinski definition) is 3. The quantitative estimate of drug-likeness (QED) is 0.812. The van der Waals surface area contributed by atoms with Crippen molar-refractivity contribution >= 4 is 5.69 Å². The summed E-state index contributed by atoms with van der Waals surface area (Å²) in [6.07, 6.45) is 6.79. The average molecular weight is 259 g/mol. The Balaban J connectivity index is 1.81. The van der Waals surface area contributed by atoms with Crippen molar-refractivity contribution in [3.05, 3.63) is 21.6 Å². The Bertz CT molecular complexity index is 549. The van der Waals surface area contributed by atoms with Crippen LogP contribution >= 0.6 is 0 Å². The molecule has 102 valence electrons.